The fourth-order valence-corrected chi connectivity index (χ4v) is 3.65. The second-order valence-corrected chi connectivity index (χ2v) is 6.93. The molecule has 0 aliphatic rings. The number of halogens is 2. The zero-order valence-corrected chi connectivity index (χ0v) is 17.5. The molecule has 2 atom stereocenters. The van der Waals surface area contributed by atoms with E-state index >= 15 is 0 Å². The Kier molecular flexibility index (Phi) is 10.3. The van der Waals surface area contributed by atoms with Gasteiger partial charge in [-0.3, -0.25) is 4.79 Å². The molecule has 2 N–H and O–H groups in total. The van der Waals surface area contributed by atoms with Crippen molar-refractivity contribution in [1.29, 1.82) is 0 Å². The number of thiazole rings is 1. The number of carbonyl (C=O) groups is 1. The van der Waals surface area contributed by atoms with Crippen molar-refractivity contribution in [2.75, 3.05) is 7.05 Å². The maximum atomic E-state index is 12.6. The number of nitrogens with zero attached hydrogens (tertiary/aromatic N) is 2. The maximum Gasteiger partial charge on any atom is 0.224 e. The van der Waals surface area contributed by atoms with E-state index in [1.54, 1.807) is 16.2 Å². The highest BCUT2D eigenvalue weighted by Gasteiger charge is 2.23. The molecule has 0 radical (unpaired) electrons. The van der Waals surface area contributed by atoms with Crippen LogP contribution in [0.3, 0.4) is 0 Å². The summed E-state index contributed by atoms with van der Waals surface area (Å²) < 4.78 is 0. The SMILES string of the molecule is CCc1nc(C)c(C(C)N(C)C(=O)CC(N)c2ccccc2)s1.Cl.Cl. The van der Waals surface area contributed by atoms with Crippen molar-refractivity contribution >= 4 is 42.1 Å². The van der Waals surface area contributed by atoms with E-state index < -0.39 is 0 Å². The lowest BCUT2D eigenvalue weighted by Crippen LogP contribution is -2.32. The van der Waals surface area contributed by atoms with E-state index in [1.807, 2.05) is 51.2 Å². The Balaban J connectivity index is 0.00000288. The second kappa shape index (κ2) is 10.8. The monoisotopic (exact) mass is 403 g/mol. The summed E-state index contributed by atoms with van der Waals surface area (Å²) in [7, 11) is 1.84. The summed E-state index contributed by atoms with van der Waals surface area (Å²) in [4.78, 5) is 20.1. The van der Waals surface area contributed by atoms with Crippen molar-refractivity contribution in [2.45, 2.75) is 45.7 Å². The molecule has 1 aromatic heterocycles. The van der Waals surface area contributed by atoms with Gasteiger partial charge in [-0.05, 0) is 25.8 Å². The van der Waals surface area contributed by atoms with E-state index in [0.29, 0.717) is 6.42 Å². The predicted octanol–water partition coefficient (Wildman–Crippen LogP) is 4.47. The molecule has 25 heavy (non-hydrogen) atoms. The number of hydrogen-bond acceptors (Lipinski definition) is 4. The standard InChI is InChI=1S/C18H25N3OS.2ClH/c1-5-16-20-12(2)18(23-16)13(3)21(4)17(22)11-15(19)14-9-7-6-8-10-14;;/h6-10,13,15H,5,11,19H2,1-4H3;2*1H. The summed E-state index contributed by atoms with van der Waals surface area (Å²) in [5.41, 5.74) is 8.18. The van der Waals surface area contributed by atoms with Crippen LogP contribution in [-0.4, -0.2) is 22.8 Å². The lowest BCUT2D eigenvalue weighted by atomic mass is 10.0. The number of carbonyl (C=O) groups excluding carboxylic acids is 1. The lowest BCUT2D eigenvalue weighted by Gasteiger charge is -2.26. The Labute approximate surface area is 166 Å². The molecule has 0 spiro atoms. The van der Waals surface area contributed by atoms with Gasteiger partial charge in [0, 0.05) is 24.4 Å². The zero-order chi connectivity index (χ0) is 17.0. The third-order valence-electron chi connectivity index (χ3n) is 4.16. The summed E-state index contributed by atoms with van der Waals surface area (Å²) >= 11 is 1.69. The summed E-state index contributed by atoms with van der Waals surface area (Å²) in [5, 5.41) is 1.12. The summed E-state index contributed by atoms with van der Waals surface area (Å²) in [6, 6.07) is 9.50. The van der Waals surface area contributed by atoms with Gasteiger partial charge in [-0.25, -0.2) is 4.98 Å². The predicted molar refractivity (Wildman–Crippen MR) is 110 cm³/mol. The van der Waals surface area contributed by atoms with Crippen LogP contribution in [0.25, 0.3) is 0 Å². The van der Waals surface area contributed by atoms with Gasteiger partial charge in [0.15, 0.2) is 0 Å². The van der Waals surface area contributed by atoms with Crippen molar-refractivity contribution in [3.05, 3.63) is 51.5 Å². The van der Waals surface area contributed by atoms with Gasteiger partial charge < -0.3 is 10.6 Å². The average Bonchev–Trinajstić information content (AvgIpc) is 2.95. The van der Waals surface area contributed by atoms with E-state index in [2.05, 4.69) is 11.9 Å². The second-order valence-electron chi connectivity index (χ2n) is 5.81. The molecule has 0 fully saturated rings. The molecule has 140 valence electrons. The van der Waals surface area contributed by atoms with Gasteiger partial charge in [0.1, 0.15) is 0 Å². The van der Waals surface area contributed by atoms with Crippen LogP contribution in [0.1, 0.15) is 53.5 Å². The van der Waals surface area contributed by atoms with E-state index in [4.69, 9.17) is 5.73 Å². The first-order valence-electron chi connectivity index (χ1n) is 7.96. The van der Waals surface area contributed by atoms with Crippen molar-refractivity contribution in [1.82, 2.24) is 9.88 Å². The Morgan fingerprint density at radius 3 is 2.40 bits per heavy atom. The van der Waals surface area contributed by atoms with Gasteiger partial charge >= 0.3 is 0 Å². The fraction of sp³-hybridized carbons (Fsp3) is 0.444. The van der Waals surface area contributed by atoms with E-state index in [0.717, 1.165) is 27.6 Å². The highest BCUT2D eigenvalue weighted by molar-refractivity contribution is 7.11. The van der Waals surface area contributed by atoms with Crippen molar-refractivity contribution in [3.8, 4) is 0 Å². The molecular weight excluding hydrogens is 377 g/mol. The molecule has 1 aromatic carbocycles. The van der Waals surface area contributed by atoms with Gasteiger partial charge in [-0.1, -0.05) is 37.3 Å². The minimum Gasteiger partial charge on any atom is -0.338 e. The third kappa shape index (κ3) is 5.96. The molecule has 1 amide bonds. The first-order valence-corrected chi connectivity index (χ1v) is 8.78. The lowest BCUT2D eigenvalue weighted by molar-refractivity contribution is -0.132. The molecule has 0 aliphatic carbocycles. The molecule has 0 saturated heterocycles. The average molecular weight is 404 g/mol. The largest absolute Gasteiger partial charge is 0.338 e. The topological polar surface area (TPSA) is 59.2 Å². The Morgan fingerprint density at radius 2 is 1.88 bits per heavy atom. The van der Waals surface area contributed by atoms with Crippen LogP contribution < -0.4 is 5.73 Å². The summed E-state index contributed by atoms with van der Waals surface area (Å²) in [6.45, 7) is 6.15. The van der Waals surface area contributed by atoms with Gasteiger partial charge in [-0.15, -0.1) is 36.2 Å². The highest BCUT2D eigenvalue weighted by atomic mass is 35.5. The van der Waals surface area contributed by atoms with Crippen molar-refractivity contribution in [3.63, 3.8) is 0 Å². The van der Waals surface area contributed by atoms with Crippen LogP contribution in [0, 0.1) is 6.92 Å². The first-order chi connectivity index (χ1) is 10.9. The zero-order valence-electron chi connectivity index (χ0n) is 15.1. The van der Waals surface area contributed by atoms with E-state index in [9.17, 15) is 4.79 Å². The number of hydrogen-bond donors (Lipinski definition) is 1. The third-order valence-corrected chi connectivity index (χ3v) is 5.63. The van der Waals surface area contributed by atoms with Crippen LogP contribution in [0.5, 0.6) is 0 Å². The molecule has 0 saturated carbocycles. The normalized spacial score (nSPS) is 12.5. The Morgan fingerprint density at radius 1 is 1.28 bits per heavy atom. The maximum absolute atomic E-state index is 12.6. The number of benzene rings is 1. The van der Waals surface area contributed by atoms with Gasteiger partial charge in [0.25, 0.3) is 0 Å². The number of nitrogens with two attached hydrogens (primary N) is 1. The first kappa shape index (κ1) is 23.9. The highest BCUT2D eigenvalue weighted by Crippen LogP contribution is 2.29. The number of amides is 1. The smallest absolute Gasteiger partial charge is 0.224 e. The van der Waals surface area contributed by atoms with Crippen LogP contribution in [0.4, 0.5) is 0 Å². The van der Waals surface area contributed by atoms with Gasteiger partial charge in [-0.2, -0.15) is 0 Å². The fourth-order valence-electron chi connectivity index (χ4n) is 2.55. The number of aryl methyl sites for hydroxylation is 2. The molecule has 0 bridgehead atoms. The van der Waals surface area contributed by atoms with E-state index in [-0.39, 0.29) is 42.8 Å². The molecule has 2 aromatic rings. The minimum absolute atomic E-state index is 0. The number of rotatable bonds is 6. The Hall–Kier alpha value is -1.14. The molecule has 2 rings (SSSR count). The summed E-state index contributed by atoms with van der Waals surface area (Å²) in [6.07, 6.45) is 1.23. The van der Waals surface area contributed by atoms with Crippen molar-refractivity contribution < 1.29 is 4.79 Å². The molecular formula is C18H27Cl2N3OS. The van der Waals surface area contributed by atoms with Crippen LogP contribution in [0.15, 0.2) is 30.3 Å². The molecule has 2 unspecified atom stereocenters. The van der Waals surface area contributed by atoms with Gasteiger partial charge in [0.2, 0.25) is 5.91 Å². The molecule has 0 aliphatic heterocycles. The van der Waals surface area contributed by atoms with Gasteiger partial charge in [0.05, 0.1) is 16.7 Å². The van der Waals surface area contributed by atoms with Crippen LogP contribution in [0.2, 0.25) is 0 Å². The minimum atomic E-state index is -0.271. The molecule has 7 heteroatoms. The molecule has 1 heterocycles. The van der Waals surface area contributed by atoms with Crippen molar-refractivity contribution in [2.24, 2.45) is 5.73 Å². The van der Waals surface area contributed by atoms with Crippen LogP contribution >= 0.6 is 36.2 Å². The van der Waals surface area contributed by atoms with Crippen LogP contribution in [-0.2, 0) is 11.2 Å². The molecule has 4 nitrogen and oxygen atoms in total. The Bertz CT molecular complexity index is 664. The van der Waals surface area contributed by atoms with E-state index in [1.165, 1.54) is 0 Å². The quantitative estimate of drug-likeness (QED) is 0.773. The number of aromatic nitrogens is 1. The summed E-state index contributed by atoms with van der Waals surface area (Å²) in [5.74, 6) is 0.0553.